The summed E-state index contributed by atoms with van der Waals surface area (Å²) in [5.74, 6) is 0.222. The third kappa shape index (κ3) is 5.66. The van der Waals surface area contributed by atoms with Crippen molar-refractivity contribution in [1.82, 2.24) is 15.2 Å². The molecule has 0 bridgehead atoms. The van der Waals surface area contributed by atoms with Gasteiger partial charge in [-0.2, -0.15) is 26.3 Å². The maximum absolute atomic E-state index is 13.0. The van der Waals surface area contributed by atoms with Gasteiger partial charge in [-0.05, 0) is 41.5 Å². The van der Waals surface area contributed by atoms with Gasteiger partial charge in [0.1, 0.15) is 12.6 Å². The van der Waals surface area contributed by atoms with Gasteiger partial charge in [-0.25, -0.2) is 0 Å². The molecular formula is C18H14F6N4OS. The zero-order valence-electron chi connectivity index (χ0n) is 14.9. The lowest BCUT2D eigenvalue weighted by molar-refractivity contribution is -0.143. The molecule has 5 nitrogen and oxygen atoms in total. The van der Waals surface area contributed by atoms with E-state index >= 15 is 0 Å². The van der Waals surface area contributed by atoms with E-state index in [1.807, 2.05) is 0 Å². The maximum atomic E-state index is 13.0. The second-order valence-corrected chi connectivity index (χ2v) is 7.15. The van der Waals surface area contributed by atoms with E-state index < -0.39 is 29.7 Å². The molecule has 0 fully saturated rings. The summed E-state index contributed by atoms with van der Waals surface area (Å²) in [6.45, 7) is 0. The molecule has 3 aromatic rings. The van der Waals surface area contributed by atoms with Gasteiger partial charge in [0.15, 0.2) is 5.16 Å². The van der Waals surface area contributed by atoms with E-state index in [-0.39, 0.29) is 22.9 Å². The van der Waals surface area contributed by atoms with E-state index in [0.29, 0.717) is 23.0 Å². The van der Waals surface area contributed by atoms with Crippen molar-refractivity contribution in [3.8, 4) is 11.1 Å². The molecule has 0 radical (unpaired) electrons. The summed E-state index contributed by atoms with van der Waals surface area (Å²) in [7, 11) is 0. The summed E-state index contributed by atoms with van der Waals surface area (Å²) in [5, 5.41) is 20.6. The second kappa shape index (κ2) is 8.56. The van der Waals surface area contributed by atoms with Gasteiger partial charge in [-0.15, -0.1) is 10.2 Å². The molecule has 12 heteroatoms. The van der Waals surface area contributed by atoms with Crippen LogP contribution in [0.2, 0.25) is 0 Å². The summed E-state index contributed by atoms with van der Waals surface area (Å²) in [4.78, 5) is 2.75. The zero-order valence-corrected chi connectivity index (χ0v) is 15.7. The minimum atomic E-state index is -4.91. The number of benzene rings is 2. The smallest absolute Gasteiger partial charge is 0.373 e. The molecular weight excluding hydrogens is 434 g/mol. The fourth-order valence-corrected chi connectivity index (χ4v) is 3.18. The molecule has 0 amide bonds. The Morgan fingerprint density at radius 3 is 2.03 bits per heavy atom. The molecule has 3 rings (SSSR count). The van der Waals surface area contributed by atoms with Crippen LogP contribution in [0, 0.1) is 0 Å². The molecule has 0 saturated carbocycles. The predicted molar refractivity (Wildman–Crippen MR) is 98.6 cm³/mol. The first-order valence-corrected chi connectivity index (χ1v) is 9.34. The van der Waals surface area contributed by atoms with E-state index in [0.717, 1.165) is 0 Å². The van der Waals surface area contributed by atoms with Gasteiger partial charge in [-0.3, -0.25) is 0 Å². The number of nitrogens with zero attached hydrogens (tertiary/aromatic N) is 2. The van der Waals surface area contributed by atoms with Crippen molar-refractivity contribution in [3.05, 3.63) is 59.9 Å². The van der Waals surface area contributed by atoms with E-state index in [1.54, 1.807) is 0 Å². The number of alkyl halides is 6. The first kappa shape index (κ1) is 22.0. The van der Waals surface area contributed by atoms with Gasteiger partial charge < -0.3 is 15.4 Å². The molecule has 160 valence electrons. The predicted octanol–water partition coefficient (Wildman–Crippen LogP) is 5.03. The summed E-state index contributed by atoms with van der Waals surface area (Å²) < 4.78 is 78.1. The van der Waals surface area contributed by atoms with Crippen LogP contribution in [0.1, 0.15) is 11.1 Å². The highest BCUT2D eigenvalue weighted by atomic mass is 32.2. The Kier molecular flexibility index (Phi) is 6.27. The number of aliphatic hydroxyl groups is 1. The van der Waals surface area contributed by atoms with Crippen molar-refractivity contribution < 1.29 is 31.4 Å². The Balaban J connectivity index is 1.76. The normalized spacial score (nSPS) is 13.3. The second-order valence-electron chi connectivity index (χ2n) is 6.14. The third-order valence-electron chi connectivity index (χ3n) is 3.91. The highest BCUT2D eigenvalue weighted by molar-refractivity contribution is 7.99. The Bertz CT molecular complexity index is 942. The average Bonchev–Trinajstić information content (AvgIpc) is 3.19. The number of anilines is 1. The quantitative estimate of drug-likeness (QED) is 0.280. The van der Waals surface area contributed by atoms with Crippen LogP contribution in [-0.2, 0) is 12.4 Å². The Morgan fingerprint density at radius 2 is 1.53 bits per heavy atom. The van der Waals surface area contributed by atoms with Crippen LogP contribution in [0.15, 0.2) is 53.9 Å². The monoisotopic (exact) mass is 448 g/mol. The van der Waals surface area contributed by atoms with Crippen LogP contribution in [0.25, 0.3) is 11.1 Å². The van der Waals surface area contributed by atoms with E-state index in [1.165, 1.54) is 42.4 Å². The number of nitrogens with one attached hydrogen (secondary N) is 2. The SMILES string of the molecule is OC(CSc1nnc[nH]1)Nc1ccc(-c2cc(C(F)(F)F)cc(C(F)(F)F)c2)cc1. The minimum Gasteiger partial charge on any atom is -0.373 e. The summed E-state index contributed by atoms with van der Waals surface area (Å²) in [6.07, 6.45) is -9.42. The number of rotatable bonds is 6. The highest BCUT2D eigenvalue weighted by Crippen LogP contribution is 2.38. The van der Waals surface area contributed by atoms with Gasteiger partial charge >= 0.3 is 12.4 Å². The van der Waals surface area contributed by atoms with Gasteiger partial charge in [0, 0.05) is 11.4 Å². The number of thioether (sulfide) groups is 1. The lowest BCUT2D eigenvalue weighted by Crippen LogP contribution is -2.21. The number of aromatic amines is 1. The zero-order chi connectivity index (χ0) is 21.9. The Labute approximate surface area is 170 Å². The van der Waals surface area contributed by atoms with Gasteiger partial charge in [0.25, 0.3) is 0 Å². The molecule has 3 N–H and O–H groups in total. The van der Waals surface area contributed by atoms with Gasteiger partial charge in [0.2, 0.25) is 0 Å². The molecule has 1 atom stereocenters. The van der Waals surface area contributed by atoms with Crippen molar-refractivity contribution in [2.24, 2.45) is 0 Å². The standard InChI is InChI=1S/C18H14F6N4OS/c19-17(20,21)12-5-11(6-13(7-12)18(22,23)24)10-1-3-14(4-2-10)27-15(29)8-30-16-25-9-26-28-16/h1-7,9,15,27,29H,8H2,(H,25,26,28). The number of aromatic nitrogens is 3. The molecule has 1 heterocycles. The van der Waals surface area contributed by atoms with Crippen molar-refractivity contribution in [2.45, 2.75) is 23.7 Å². The molecule has 2 aromatic carbocycles. The van der Waals surface area contributed by atoms with Crippen LogP contribution in [0.5, 0.6) is 0 Å². The van der Waals surface area contributed by atoms with Gasteiger partial charge in [0.05, 0.1) is 11.1 Å². The number of hydrogen-bond donors (Lipinski definition) is 3. The average molecular weight is 448 g/mol. The fourth-order valence-electron chi connectivity index (χ4n) is 2.54. The van der Waals surface area contributed by atoms with E-state index in [2.05, 4.69) is 20.5 Å². The number of aliphatic hydroxyl groups excluding tert-OH is 1. The van der Waals surface area contributed by atoms with Crippen LogP contribution in [-0.4, -0.2) is 32.3 Å². The summed E-state index contributed by atoms with van der Waals surface area (Å²) in [5.41, 5.74) is -2.37. The van der Waals surface area contributed by atoms with E-state index in [4.69, 9.17) is 0 Å². The van der Waals surface area contributed by atoms with Crippen molar-refractivity contribution in [1.29, 1.82) is 0 Å². The Morgan fingerprint density at radius 1 is 0.933 bits per heavy atom. The summed E-state index contributed by atoms with van der Waals surface area (Å²) >= 11 is 1.21. The molecule has 0 spiro atoms. The maximum Gasteiger partial charge on any atom is 0.416 e. The van der Waals surface area contributed by atoms with Crippen LogP contribution < -0.4 is 5.32 Å². The number of H-pyrrole nitrogens is 1. The van der Waals surface area contributed by atoms with Crippen molar-refractivity contribution in [3.63, 3.8) is 0 Å². The van der Waals surface area contributed by atoms with Crippen molar-refractivity contribution in [2.75, 3.05) is 11.1 Å². The lowest BCUT2D eigenvalue weighted by atomic mass is 9.99. The first-order chi connectivity index (χ1) is 14.0. The largest absolute Gasteiger partial charge is 0.416 e. The summed E-state index contributed by atoms with van der Waals surface area (Å²) in [6, 6.07) is 7.06. The molecule has 1 unspecified atom stereocenters. The lowest BCUT2D eigenvalue weighted by Gasteiger charge is -2.16. The molecule has 0 aliphatic heterocycles. The number of halogens is 6. The molecule has 0 aliphatic rings. The minimum absolute atomic E-state index is 0.0853. The van der Waals surface area contributed by atoms with E-state index in [9.17, 15) is 31.4 Å². The van der Waals surface area contributed by atoms with Gasteiger partial charge in [-0.1, -0.05) is 23.9 Å². The molecule has 0 saturated heterocycles. The fraction of sp³-hybridized carbons (Fsp3) is 0.222. The Hall–Kier alpha value is -2.73. The van der Waals surface area contributed by atoms with Crippen LogP contribution in [0.3, 0.4) is 0 Å². The molecule has 30 heavy (non-hydrogen) atoms. The first-order valence-electron chi connectivity index (χ1n) is 8.36. The third-order valence-corrected chi connectivity index (χ3v) is 4.87. The van der Waals surface area contributed by atoms with Crippen LogP contribution in [0.4, 0.5) is 32.0 Å². The van der Waals surface area contributed by atoms with Crippen molar-refractivity contribution >= 4 is 17.4 Å². The number of hydrogen-bond acceptors (Lipinski definition) is 5. The highest BCUT2D eigenvalue weighted by Gasteiger charge is 2.37. The molecule has 0 aliphatic carbocycles. The molecule has 1 aromatic heterocycles. The topological polar surface area (TPSA) is 73.8 Å². The van der Waals surface area contributed by atoms with Crippen LogP contribution >= 0.6 is 11.8 Å².